The number of carbonyl (C=O) groups is 1. The lowest BCUT2D eigenvalue weighted by Crippen LogP contribution is -2.38. The van der Waals surface area contributed by atoms with Crippen molar-refractivity contribution >= 4 is 38.1 Å². The van der Waals surface area contributed by atoms with Crippen LogP contribution in [0.3, 0.4) is 0 Å². The monoisotopic (exact) mass is 444 g/mol. The minimum absolute atomic E-state index is 0.105. The van der Waals surface area contributed by atoms with E-state index in [1.54, 1.807) is 12.1 Å². The molecule has 1 amide bonds. The largest absolute Gasteiger partial charge is 0.299 e. The minimum Gasteiger partial charge on any atom is -0.299 e. The van der Waals surface area contributed by atoms with Gasteiger partial charge in [-0.15, -0.1) is 10.2 Å². The molecule has 7 nitrogen and oxygen atoms in total. The molecule has 0 bridgehead atoms. The molecule has 158 valence electrons. The summed E-state index contributed by atoms with van der Waals surface area (Å²) >= 11 is 1.24. The molecule has 3 aromatic rings. The van der Waals surface area contributed by atoms with Crippen molar-refractivity contribution < 1.29 is 13.2 Å². The summed E-state index contributed by atoms with van der Waals surface area (Å²) in [6.45, 7) is 5.61. The van der Waals surface area contributed by atoms with Gasteiger partial charge in [-0.1, -0.05) is 73.2 Å². The molecular weight excluding hydrogens is 420 g/mol. The molecule has 1 aromatic heterocycles. The highest BCUT2D eigenvalue weighted by atomic mass is 32.2. The van der Waals surface area contributed by atoms with Crippen molar-refractivity contribution in [2.75, 3.05) is 22.4 Å². The second-order valence-electron chi connectivity index (χ2n) is 7.31. The maximum Gasteiger partial charge on any atom is 0.246 e. The Labute approximate surface area is 180 Å². The van der Waals surface area contributed by atoms with Crippen LogP contribution in [0.15, 0.2) is 48.5 Å². The van der Waals surface area contributed by atoms with Gasteiger partial charge >= 0.3 is 0 Å². The number of hydrogen-bond acceptors (Lipinski definition) is 6. The summed E-state index contributed by atoms with van der Waals surface area (Å²) < 4.78 is 26.0. The maximum absolute atomic E-state index is 12.6. The lowest BCUT2D eigenvalue weighted by atomic mass is 10.0. The molecule has 3 rings (SSSR count). The second kappa shape index (κ2) is 8.93. The van der Waals surface area contributed by atoms with Crippen LogP contribution in [0.25, 0.3) is 10.6 Å². The van der Waals surface area contributed by atoms with Gasteiger partial charge in [-0.3, -0.25) is 14.4 Å². The zero-order valence-electron chi connectivity index (χ0n) is 17.3. The van der Waals surface area contributed by atoms with E-state index in [-0.39, 0.29) is 12.5 Å². The van der Waals surface area contributed by atoms with Crippen LogP contribution in [0.1, 0.15) is 30.9 Å². The topological polar surface area (TPSA) is 92.3 Å². The van der Waals surface area contributed by atoms with Gasteiger partial charge in [0.1, 0.15) is 11.6 Å². The first kappa shape index (κ1) is 21.9. The van der Waals surface area contributed by atoms with E-state index in [2.05, 4.69) is 15.5 Å². The van der Waals surface area contributed by atoms with Gasteiger partial charge in [-0.2, -0.15) is 0 Å². The number of aromatic nitrogens is 2. The van der Waals surface area contributed by atoms with Crippen LogP contribution in [0.4, 0.5) is 10.8 Å². The van der Waals surface area contributed by atoms with Crippen LogP contribution in [0.2, 0.25) is 0 Å². The fraction of sp³-hybridized carbons (Fsp3) is 0.286. The molecule has 0 aliphatic carbocycles. The molecule has 1 N–H and O–H groups in total. The molecule has 0 fully saturated rings. The number of sulfonamides is 1. The van der Waals surface area contributed by atoms with Crippen molar-refractivity contribution in [3.8, 4) is 10.6 Å². The van der Waals surface area contributed by atoms with E-state index in [0.717, 1.165) is 27.3 Å². The van der Waals surface area contributed by atoms with Crippen LogP contribution in [0, 0.1) is 6.92 Å². The normalized spacial score (nSPS) is 11.5. The number of nitrogens with zero attached hydrogens (tertiary/aromatic N) is 3. The Morgan fingerprint density at radius 2 is 1.77 bits per heavy atom. The van der Waals surface area contributed by atoms with Crippen LogP contribution >= 0.6 is 11.3 Å². The standard InChI is InChI=1S/C21H24N4O3S2/c1-14(2)17-7-5-6-8-18(17)25(30(4,27)28)13-19(26)22-21-24-23-20(29-21)16-11-9-15(3)10-12-16/h5-12,14H,13H2,1-4H3,(H,22,24,26). The number of para-hydroxylation sites is 1. The number of anilines is 2. The smallest absolute Gasteiger partial charge is 0.246 e. The molecule has 0 saturated heterocycles. The first-order valence-electron chi connectivity index (χ1n) is 9.42. The number of rotatable bonds is 7. The minimum atomic E-state index is -3.66. The summed E-state index contributed by atoms with van der Waals surface area (Å²) in [4.78, 5) is 12.6. The van der Waals surface area contributed by atoms with Gasteiger partial charge in [-0.25, -0.2) is 8.42 Å². The van der Waals surface area contributed by atoms with E-state index in [1.165, 1.54) is 11.3 Å². The number of hydrogen-bond donors (Lipinski definition) is 1. The van der Waals surface area contributed by atoms with Crippen molar-refractivity contribution in [3.63, 3.8) is 0 Å². The van der Waals surface area contributed by atoms with E-state index >= 15 is 0 Å². The third kappa shape index (κ3) is 5.22. The molecule has 0 atom stereocenters. The number of carbonyl (C=O) groups excluding carboxylic acids is 1. The molecule has 2 aromatic carbocycles. The first-order chi connectivity index (χ1) is 14.1. The Morgan fingerprint density at radius 3 is 2.40 bits per heavy atom. The molecule has 0 aliphatic heterocycles. The van der Waals surface area contributed by atoms with Crippen molar-refractivity contribution in [1.29, 1.82) is 0 Å². The van der Waals surface area contributed by atoms with Gasteiger partial charge in [0.05, 0.1) is 11.9 Å². The van der Waals surface area contributed by atoms with Crippen molar-refractivity contribution in [2.45, 2.75) is 26.7 Å². The lowest BCUT2D eigenvalue weighted by molar-refractivity contribution is -0.114. The Bertz CT molecular complexity index is 1140. The van der Waals surface area contributed by atoms with E-state index in [0.29, 0.717) is 15.8 Å². The highest BCUT2D eigenvalue weighted by Gasteiger charge is 2.24. The van der Waals surface area contributed by atoms with E-state index < -0.39 is 15.9 Å². The predicted molar refractivity (Wildman–Crippen MR) is 121 cm³/mol. The third-order valence-electron chi connectivity index (χ3n) is 4.48. The summed E-state index contributed by atoms with van der Waals surface area (Å²) in [6, 6.07) is 15.0. The maximum atomic E-state index is 12.6. The van der Waals surface area contributed by atoms with Crippen LogP contribution < -0.4 is 9.62 Å². The fourth-order valence-corrected chi connectivity index (χ4v) is 4.60. The highest BCUT2D eigenvalue weighted by molar-refractivity contribution is 7.92. The lowest BCUT2D eigenvalue weighted by Gasteiger charge is -2.25. The van der Waals surface area contributed by atoms with E-state index in [4.69, 9.17) is 0 Å². The molecule has 0 spiro atoms. The number of benzene rings is 2. The van der Waals surface area contributed by atoms with Gasteiger partial charge < -0.3 is 0 Å². The van der Waals surface area contributed by atoms with Crippen LogP contribution in [0.5, 0.6) is 0 Å². The van der Waals surface area contributed by atoms with Gasteiger partial charge in [-0.05, 0) is 24.5 Å². The van der Waals surface area contributed by atoms with Gasteiger partial charge in [0, 0.05) is 5.56 Å². The van der Waals surface area contributed by atoms with Gasteiger partial charge in [0.25, 0.3) is 0 Å². The number of aryl methyl sites for hydroxylation is 1. The first-order valence-corrected chi connectivity index (χ1v) is 12.1. The number of nitrogens with one attached hydrogen (secondary N) is 1. The average molecular weight is 445 g/mol. The third-order valence-corrected chi connectivity index (χ3v) is 6.50. The highest BCUT2D eigenvalue weighted by Crippen LogP contribution is 2.29. The SMILES string of the molecule is Cc1ccc(-c2nnc(NC(=O)CN(c3ccccc3C(C)C)S(C)(=O)=O)s2)cc1. The summed E-state index contributed by atoms with van der Waals surface area (Å²) in [6.07, 6.45) is 1.10. The Hall–Kier alpha value is -2.78. The summed E-state index contributed by atoms with van der Waals surface area (Å²) in [7, 11) is -3.66. The predicted octanol–water partition coefficient (Wildman–Crippen LogP) is 4.04. The van der Waals surface area contributed by atoms with E-state index in [9.17, 15) is 13.2 Å². The average Bonchev–Trinajstić information content (AvgIpc) is 3.14. The Kier molecular flexibility index (Phi) is 6.52. The fourth-order valence-electron chi connectivity index (χ4n) is 2.96. The Morgan fingerprint density at radius 1 is 1.10 bits per heavy atom. The molecule has 30 heavy (non-hydrogen) atoms. The zero-order valence-corrected chi connectivity index (χ0v) is 18.9. The van der Waals surface area contributed by atoms with Crippen molar-refractivity contribution in [3.05, 3.63) is 59.7 Å². The molecule has 0 radical (unpaired) electrons. The molecule has 1 heterocycles. The second-order valence-corrected chi connectivity index (χ2v) is 10.2. The Balaban J connectivity index is 1.79. The summed E-state index contributed by atoms with van der Waals surface area (Å²) in [5, 5.41) is 11.8. The van der Waals surface area contributed by atoms with Gasteiger partial charge in [0.2, 0.25) is 21.1 Å². The van der Waals surface area contributed by atoms with Crippen LogP contribution in [-0.4, -0.2) is 37.3 Å². The van der Waals surface area contributed by atoms with Crippen LogP contribution in [-0.2, 0) is 14.8 Å². The zero-order chi connectivity index (χ0) is 21.9. The summed E-state index contributed by atoms with van der Waals surface area (Å²) in [5.74, 6) is -0.376. The molecule has 0 saturated carbocycles. The van der Waals surface area contributed by atoms with Crippen molar-refractivity contribution in [1.82, 2.24) is 10.2 Å². The van der Waals surface area contributed by atoms with Gasteiger partial charge in [0.15, 0.2) is 0 Å². The van der Waals surface area contributed by atoms with Crippen molar-refractivity contribution in [2.24, 2.45) is 0 Å². The molecule has 0 aliphatic rings. The quantitative estimate of drug-likeness (QED) is 0.594. The number of amides is 1. The molecule has 0 unspecified atom stereocenters. The van der Waals surface area contributed by atoms with E-state index in [1.807, 2.05) is 57.2 Å². The molecular formula is C21H24N4O3S2. The molecule has 9 heteroatoms. The summed E-state index contributed by atoms with van der Waals surface area (Å²) in [5.41, 5.74) is 3.40.